The van der Waals surface area contributed by atoms with E-state index in [9.17, 15) is 9.59 Å². The van der Waals surface area contributed by atoms with E-state index in [1.54, 1.807) is 4.90 Å². The smallest absolute Gasteiger partial charge is 0.317 e. The van der Waals surface area contributed by atoms with Crippen LogP contribution in [0.5, 0.6) is 0 Å². The van der Waals surface area contributed by atoms with E-state index in [0.717, 1.165) is 25.9 Å². The first-order valence-corrected chi connectivity index (χ1v) is 6.27. The lowest BCUT2D eigenvalue weighted by atomic mass is 9.75. The van der Waals surface area contributed by atoms with Gasteiger partial charge in [-0.15, -0.1) is 0 Å². The van der Waals surface area contributed by atoms with Crippen LogP contribution in [0.15, 0.2) is 0 Å². The van der Waals surface area contributed by atoms with E-state index < -0.39 is 5.97 Å². The Bertz CT molecular complexity index is 279. The van der Waals surface area contributed by atoms with Crippen LogP contribution in [-0.4, -0.2) is 41.6 Å². The van der Waals surface area contributed by atoms with Gasteiger partial charge in [-0.05, 0) is 19.3 Å². The molecule has 0 radical (unpaired) electrons. The van der Waals surface area contributed by atoms with Crippen LogP contribution in [0, 0.1) is 5.41 Å². The van der Waals surface area contributed by atoms with Crippen molar-refractivity contribution < 1.29 is 14.7 Å². The van der Waals surface area contributed by atoms with Gasteiger partial charge in [0, 0.05) is 31.5 Å². The summed E-state index contributed by atoms with van der Waals surface area (Å²) in [5.41, 5.74) is 0.318. The van der Waals surface area contributed by atoms with Gasteiger partial charge in [0.15, 0.2) is 0 Å². The largest absolute Gasteiger partial charge is 0.481 e. The standard InChI is InChI=1S/C12H22N2O3/c1-3-12(4-2)8-14(9-12)11(17)13-7-5-6-10(15)16/h3-9H2,1-2H3,(H,13,17)(H,15,16). The minimum atomic E-state index is -0.820. The molecule has 1 aliphatic heterocycles. The maximum atomic E-state index is 11.7. The molecule has 2 amide bonds. The number of carbonyl (C=O) groups is 2. The second-order valence-electron chi connectivity index (χ2n) is 4.79. The predicted octanol–water partition coefficient (Wildman–Crippen LogP) is 1.68. The fourth-order valence-corrected chi connectivity index (χ4v) is 2.15. The minimum absolute atomic E-state index is 0.0621. The molecule has 2 N–H and O–H groups in total. The summed E-state index contributed by atoms with van der Waals surface area (Å²) in [5, 5.41) is 11.2. The molecule has 5 heteroatoms. The van der Waals surface area contributed by atoms with Crippen molar-refractivity contribution in [3.63, 3.8) is 0 Å². The van der Waals surface area contributed by atoms with E-state index in [1.165, 1.54) is 0 Å². The number of carboxylic acid groups (broad SMARTS) is 1. The Hall–Kier alpha value is -1.26. The fraction of sp³-hybridized carbons (Fsp3) is 0.833. The highest BCUT2D eigenvalue weighted by Crippen LogP contribution is 2.36. The lowest BCUT2D eigenvalue weighted by Crippen LogP contribution is -2.60. The van der Waals surface area contributed by atoms with Gasteiger partial charge in [0.1, 0.15) is 0 Å². The van der Waals surface area contributed by atoms with Crippen LogP contribution in [-0.2, 0) is 4.79 Å². The van der Waals surface area contributed by atoms with E-state index in [0.29, 0.717) is 18.4 Å². The van der Waals surface area contributed by atoms with E-state index in [2.05, 4.69) is 19.2 Å². The number of likely N-dealkylation sites (tertiary alicyclic amines) is 1. The highest BCUT2D eigenvalue weighted by molar-refractivity contribution is 5.75. The molecule has 0 unspecified atom stereocenters. The van der Waals surface area contributed by atoms with Crippen LogP contribution in [0.1, 0.15) is 39.5 Å². The SMILES string of the molecule is CCC1(CC)CN(C(=O)NCCCC(=O)O)C1. The van der Waals surface area contributed by atoms with E-state index in [1.807, 2.05) is 0 Å². The monoisotopic (exact) mass is 242 g/mol. The van der Waals surface area contributed by atoms with Crippen molar-refractivity contribution in [1.29, 1.82) is 0 Å². The fourth-order valence-electron chi connectivity index (χ4n) is 2.15. The number of aliphatic carboxylic acids is 1. The average Bonchev–Trinajstić information content (AvgIpc) is 2.24. The van der Waals surface area contributed by atoms with Crippen LogP contribution in [0.3, 0.4) is 0 Å². The molecule has 0 aromatic heterocycles. The van der Waals surface area contributed by atoms with Gasteiger partial charge < -0.3 is 15.3 Å². The number of rotatable bonds is 6. The van der Waals surface area contributed by atoms with Crippen LogP contribution < -0.4 is 5.32 Å². The maximum absolute atomic E-state index is 11.7. The highest BCUT2D eigenvalue weighted by atomic mass is 16.4. The molecule has 0 aromatic rings. The first-order chi connectivity index (χ1) is 8.03. The third-order valence-corrected chi connectivity index (χ3v) is 3.68. The number of hydrogen-bond donors (Lipinski definition) is 2. The summed E-state index contributed by atoms with van der Waals surface area (Å²) < 4.78 is 0. The quantitative estimate of drug-likeness (QED) is 0.696. The van der Waals surface area contributed by atoms with E-state index in [4.69, 9.17) is 5.11 Å². The second-order valence-corrected chi connectivity index (χ2v) is 4.79. The van der Waals surface area contributed by atoms with Gasteiger partial charge in [-0.2, -0.15) is 0 Å². The number of nitrogens with zero attached hydrogens (tertiary/aromatic N) is 1. The normalized spacial score (nSPS) is 17.4. The summed E-state index contributed by atoms with van der Waals surface area (Å²) in [4.78, 5) is 23.7. The third-order valence-electron chi connectivity index (χ3n) is 3.68. The van der Waals surface area contributed by atoms with Gasteiger partial charge in [0.25, 0.3) is 0 Å². The van der Waals surface area contributed by atoms with Crippen molar-refractivity contribution in [3.8, 4) is 0 Å². The molecule has 1 aliphatic rings. The second kappa shape index (κ2) is 5.89. The maximum Gasteiger partial charge on any atom is 0.317 e. The van der Waals surface area contributed by atoms with Crippen molar-refractivity contribution in [1.82, 2.24) is 10.2 Å². The molecule has 1 heterocycles. The molecule has 5 nitrogen and oxygen atoms in total. The number of nitrogens with one attached hydrogen (secondary N) is 1. The van der Waals surface area contributed by atoms with Gasteiger partial charge >= 0.3 is 12.0 Å². The Labute approximate surface area is 102 Å². The topological polar surface area (TPSA) is 69.6 Å². The van der Waals surface area contributed by atoms with Gasteiger partial charge in [0.05, 0.1) is 0 Å². The number of carbonyl (C=O) groups excluding carboxylic acids is 1. The van der Waals surface area contributed by atoms with Crippen molar-refractivity contribution in [2.24, 2.45) is 5.41 Å². The Morgan fingerprint density at radius 2 is 1.88 bits per heavy atom. The van der Waals surface area contributed by atoms with Crippen molar-refractivity contribution >= 4 is 12.0 Å². The summed E-state index contributed by atoms with van der Waals surface area (Å²) in [6.45, 7) is 6.40. The zero-order chi connectivity index (χ0) is 12.9. The number of carboxylic acids is 1. The average molecular weight is 242 g/mol. The lowest BCUT2D eigenvalue weighted by molar-refractivity contribution is -0.137. The summed E-state index contributed by atoms with van der Waals surface area (Å²) in [6, 6.07) is -0.0621. The molecular formula is C12H22N2O3. The molecular weight excluding hydrogens is 220 g/mol. The molecule has 0 aliphatic carbocycles. The third kappa shape index (κ3) is 3.61. The number of hydrogen-bond acceptors (Lipinski definition) is 2. The number of amides is 2. The van der Waals surface area contributed by atoms with Gasteiger partial charge in [-0.25, -0.2) is 4.79 Å². The van der Waals surface area contributed by atoms with Gasteiger partial charge in [-0.1, -0.05) is 13.8 Å². The van der Waals surface area contributed by atoms with E-state index in [-0.39, 0.29) is 12.5 Å². The van der Waals surface area contributed by atoms with Crippen molar-refractivity contribution in [3.05, 3.63) is 0 Å². The first kappa shape index (κ1) is 13.8. The highest BCUT2D eigenvalue weighted by Gasteiger charge is 2.41. The Morgan fingerprint density at radius 3 is 2.35 bits per heavy atom. The Balaban J connectivity index is 2.17. The summed E-state index contributed by atoms with van der Waals surface area (Å²) in [5.74, 6) is -0.820. The summed E-state index contributed by atoms with van der Waals surface area (Å²) >= 11 is 0. The Morgan fingerprint density at radius 1 is 1.29 bits per heavy atom. The van der Waals surface area contributed by atoms with Crippen LogP contribution in [0.4, 0.5) is 4.79 Å². The molecule has 1 rings (SSSR count). The lowest BCUT2D eigenvalue weighted by Gasteiger charge is -2.49. The van der Waals surface area contributed by atoms with Crippen LogP contribution >= 0.6 is 0 Å². The predicted molar refractivity (Wildman–Crippen MR) is 64.9 cm³/mol. The van der Waals surface area contributed by atoms with E-state index >= 15 is 0 Å². The Kier molecular flexibility index (Phi) is 4.78. The molecule has 0 saturated carbocycles. The van der Waals surface area contributed by atoms with Crippen LogP contribution in [0.25, 0.3) is 0 Å². The zero-order valence-electron chi connectivity index (χ0n) is 10.7. The molecule has 1 fully saturated rings. The molecule has 0 aromatic carbocycles. The molecule has 17 heavy (non-hydrogen) atoms. The molecule has 98 valence electrons. The molecule has 0 spiro atoms. The van der Waals surface area contributed by atoms with Gasteiger partial charge in [0.2, 0.25) is 0 Å². The summed E-state index contributed by atoms with van der Waals surface area (Å²) in [6.07, 6.45) is 2.80. The number of urea groups is 1. The van der Waals surface area contributed by atoms with Crippen molar-refractivity contribution in [2.75, 3.05) is 19.6 Å². The van der Waals surface area contributed by atoms with Gasteiger partial charge in [-0.3, -0.25) is 4.79 Å². The molecule has 1 saturated heterocycles. The molecule has 0 atom stereocenters. The van der Waals surface area contributed by atoms with Crippen molar-refractivity contribution in [2.45, 2.75) is 39.5 Å². The first-order valence-electron chi connectivity index (χ1n) is 6.27. The van der Waals surface area contributed by atoms with Crippen LogP contribution in [0.2, 0.25) is 0 Å². The zero-order valence-corrected chi connectivity index (χ0v) is 10.7. The summed E-state index contributed by atoms with van der Waals surface area (Å²) in [7, 11) is 0. The molecule has 0 bridgehead atoms. The minimum Gasteiger partial charge on any atom is -0.481 e.